The molecule has 2 aromatic carbocycles. The largest absolute Gasteiger partial charge is 0.462 e. The van der Waals surface area contributed by atoms with Crippen LogP contribution in [-0.4, -0.2) is 51.1 Å². The highest BCUT2D eigenvalue weighted by molar-refractivity contribution is 7.89. The Bertz CT molecular complexity index is 1550. The number of nitrogens with one attached hydrogen (secondary N) is 1. The van der Waals surface area contributed by atoms with E-state index in [1.165, 1.54) is 39.9 Å². The first kappa shape index (κ1) is 29.1. The summed E-state index contributed by atoms with van der Waals surface area (Å²) < 4.78 is 44.2. The Balaban J connectivity index is 1.37. The number of ether oxygens (including phenoxy) is 3. The first-order valence-corrected chi connectivity index (χ1v) is 15.9. The van der Waals surface area contributed by atoms with Crippen LogP contribution < -0.4 is 14.8 Å². The molecule has 3 heterocycles. The second-order valence-electron chi connectivity index (χ2n) is 10.7. The van der Waals surface area contributed by atoms with Crippen molar-refractivity contribution in [1.29, 1.82) is 0 Å². The highest BCUT2D eigenvalue weighted by atomic mass is 32.2. The maximum atomic E-state index is 13.3. The van der Waals surface area contributed by atoms with Gasteiger partial charge in [-0.25, -0.2) is 13.2 Å². The number of rotatable bonds is 8. The van der Waals surface area contributed by atoms with Crippen molar-refractivity contribution < 1.29 is 32.2 Å². The van der Waals surface area contributed by atoms with Crippen molar-refractivity contribution in [3.8, 4) is 11.5 Å². The summed E-state index contributed by atoms with van der Waals surface area (Å²) in [7, 11) is -3.66. The molecule has 0 bridgehead atoms. The lowest BCUT2D eigenvalue weighted by Crippen LogP contribution is -2.42. The summed E-state index contributed by atoms with van der Waals surface area (Å²) in [5.74, 6) is 0.976. The lowest BCUT2D eigenvalue weighted by Gasteiger charge is -2.34. The average Bonchev–Trinajstić information content (AvgIpc) is 3.52. The van der Waals surface area contributed by atoms with Crippen LogP contribution in [0.15, 0.2) is 47.4 Å². The molecule has 0 aliphatic carbocycles. The highest BCUT2D eigenvalue weighted by Crippen LogP contribution is 2.38. The van der Waals surface area contributed by atoms with Crippen LogP contribution in [-0.2, 0) is 21.2 Å². The van der Waals surface area contributed by atoms with Crippen molar-refractivity contribution in [2.75, 3.05) is 31.8 Å². The fourth-order valence-electron chi connectivity index (χ4n) is 5.41. The molecule has 1 aromatic heterocycles. The number of anilines is 1. The van der Waals surface area contributed by atoms with Gasteiger partial charge in [-0.15, -0.1) is 11.3 Å². The van der Waals surface area contributed by atoms with E-state index in [0.717, 1.165) is 22.4 Å². The molecule has 41 heavy (non-hydrogen) atoms. The molecule has 5 rings (SSSR count). The molecule has 11 heteroatoms. The molecular weight excluding hydrogens is 564 g/mol. The Hall–Kier alpha value is -3.41. The van der Waals surface area contributed by atoms with Gasteiger partial charge in [0.15, 0.2) is 11.5 Å². The van der Waals surface area contributed by atoms with Gasteiger partial charge in [-0.05, 0) is 79.6 Å². The third kappa shape index (κ3) is 6.12. The predicted molar refractivity (Wildman–Crippen MR) is 156 cm³/mol. The number of benzene rings is 2. The Kier molecular flexibility index (Phi) is 8.40. The number of amides is 1. The number of nitrogens with zero attached hydrogens (tertiary/aromatic N) is 1. The fourth-order valence-corrected chi connectivity index (χ4v) is 8.31. The molecular formula is C30H34N2O7S2. The van der Waals surface area contributed by atoms with Gasteiger partial charge >= 0.3 is 5.97 Å². The summed E-state index contributed by atoms with van der Waals surface area (Å²) >= 11 is 1.31. The summed E-state index contributed by atoms with van der Waals surface area (Å²) in [5.41, 5.74) is 2.30. The summed E-state index contributed by atoms with van der Waals surface area (Å²) in [6.45, 7) is 9.03. The summed E-state index contributed by atoms with van der Waals surface area (Å²) in [5, 5.41) is 3.25. The van der Waals surface area contributed by atoms with Crippen molar-refractivity contribution >= 4 is 38.2 Å². The second-order valence-corrected chi connectivity index (χ2v) is 13.7. The van der Waals surface area contributed by atoms with Crippen LogP contribution in [0.1, 0.15) is 63.9 Å². The first-order valence-electron chi connectivity index (χ1n) is 13.7. The van der Waals surface area contributed by atoms with Crippen LogP contribution in [0, 0.1) is 18.8 Å². The number of hydrogen-bond donors (Lipinski definition) is 1. The Morgan fingerprint density at radius 1 is 1.05 bits per heavy atom. The van der Waals surface area contributed by atoms with E-state index in [1.54, 1.807) is 6.92 Å². The van der Waals surface area contributed by atoms with Gasteiger partial charge in [0.05, 0.1) is 17.1 Å². The van der Waals surface area contributed by atoms with Gasteiger partial charge in [-0.1, -0.05) is 19.9 Å². The highest BCUT2D eigenvalue weighted by Gasteiger charge is 2.32. The molecule has 1 fully saturated rings. The van der Waals surface area contributed by atoms with Crippen LogP contribution in [0.3, 0.4) is 0 Å². The SMILES string of the molecule is CCOC(=O)c1c(NC(=O)c2ccc(S(=O)(=O)N3C[C@H](C)C[C@@H](C)C3)cc2)sc(Cc2ccc3c(c2)OCO3)c1C. The molecule has 1 amide bonds. The van der Waals surface area contributed by atoms with Crippen LogP contribution in [0.25, 0.3) is 0 Å². The maximum Gasteiger partial charge on any atom is 0.341 e. The second kappa shape index (κ2) is 11.8. The maximum absolute atomic E-state index is 13.3. The minimum absolute atomic E-state index is 0.153. The predicted octanol–water partition coefficient (Wildman–Crippen LogP) is 5.47. The minimum Gasteiger partial charge on any atom is -0.462 e. The van der Waals surface area contributed by atoms with E-state index in [1.807, 2.05) is 25.1 Å². The van der Waals surface area contributed by atoms with E-state index < -0.39 is 21.9 Å². The van der Waals surface area contributed by atoms with Gasteiger partial charge in [0.1, 0.15) is 5.00 Å². The smallest absolute Gasteiger partial charge is 0.341 e. The van der Waals surface area contributed by atoms with Crippen LogP contribution >= 0.6 is 11.3 Å². The average molecular weight is 599 g/mol. The molecule has 2 aliphatic heterocycles. The zero-order chi connectivity index (χ0) is 29.3. The molecule has 9 nitrogen and oxygen atoms in total. The third-order valence-corrected chi connectivity index (χ3v) is 10.4. The van der Waals surface area contributed by atoms with Crippen LogP contribution in [0.2, 0.25) is 0 Å². The molecule has 0 spiro atoms. The molecule has 1 saturated heterocycles. The number of hydrogen-bond acceptors (Lipinski definition) is 8. The van der Waals surface area contributed by atoms with Gasteiger partial charge in [-0.3, -0.25) is 4.79 Å². The standard InChI is InChI=1S/C30H34N2O7S2/c1-5-37-30(34)27-20(4)26(14-21-6-11-24-25(13-21)39-17-38-24)40-29(27)31-28(33)22-7-9-23(10-8-22)41(35,36)32-15-18(2)12-19(3)16-32/h6-11,13,18-19H,5,12,14-17H2,1-4H3,(H,31,33)/t18-,19-/m1/s1. The molecule has 2 atom stereocenters. The van der Waals surface area contributed by atoms with Gasteiger partial charge < -0.3 is 19.5 Å². The first-order chi connectivity index (χ1) is 19.6. The topological polar surface area (TPSA) is 111 Å². The quantitative estimate of drug-likeness (QED) is 0.342. The molecule has 2 aliphatic rings. The van der Waals surface area contributed by atoms with E-state index in [4.69, 9.17) is 14.2 Å². The normalized spacial score (nSPS) is 18.7. The number of carbonyl (C=O) groups excluding carboxylic acids is 2. The van der Waals surface area contributed by atoms with Crippen molar-refractivity contribution in [1.82, 2.24) is 4.31 Å². The van der Waals surface area contributed by atoms with Crippen molar-refractivity contribution in [2.45, 2.75) is 45.4 Å². The van der Waals surface area contributed by atoms with E-state index in [0.29, 0.717) is 41.6 Å². The van der Waals surface area contributed by atoms with Crippen molar-refractivity contribution in [2.24, 2.45) is 11.8 Å². The molecule has 1 N–H and O–H groups in total. The van der Waals surface area contributed by atoms with Gasteiger partial charge in [0, 0.05) is 30.0 Å². The zero-order valence-corrected chi connectivity index (χ0v) is 25.2. The number of sulfonamides is 1. The van der Waals surface area contributed by atoms with Gasteiger partial charge in [-0.2, -0.15) is 4.31 Å². The molecule has 0 saturated carbocycles. The number of carbonyl (C=O) groups is 2. The zero-order valence-electron chi connectivity index (χ0n) is 23.6. The number of piperidine rings is 1. The molecule has 0 radical (unpaired) electrons. The van der Waals surface area contributed by atoms with Crippen LogP contribution in [0.4, 0.5) is 5.00 Å². The monoisotopic (exact) mass is 598 g/mol. The molecule has 0 unspecified atom stereocenters. The van der Waals surface area contributed by atoms with Gasteiger partial charge in [0.25, 0.3) is 5.91 Å². The Morgan fingerprint density at radius 2 is 1.73 bits per heavy atom. The van der Waals surface area contributed by atoms with Crippen molar-refractivity contribution in [3.63, 3.8) is 0 Å². The Labute approximate surface area is 244 Å². The Morgan fingerprint density at radius 3 is 2.41 bits per heavy atom. The lowest BCUT2D eigenvalue weighted by atomic mass is 9.94. The minimum atomic E-state index is -3.66. The summed E-state index contributed by atoms with van der Waals surface area (Å²) in [6.07, 6.45) is 1.52. The number of esters is 1. The molecule has 218 valence electrons. The summed E-state index contributed by atoms with van der Waals surface area (Å²) in [6, 6.07) is 11.6. The van der Waals surface area contributed by atoms with Crippen molar-refractivity contribution in [3.05, 3.63) is 69.6 Å². The lowest BCUT2D eigenvalue weighted by molar-refractivity contribution is 0.0527. The molecule has 3 aromatic rings. The van der Waals surface area contributed by atoms with E-state index in [2.05, 4.69) is 19.2 Å². The number of fused-ring (bicyclic) bond motifs is 1. The van der Waals surface area contributed by atoms with E-state index in [-0.39, 0.29) is 35.7 Å². The van der Waals surface area contributed by atoms with E-state index >= 15 is 0 Å². The fraction of sp³-hybridized carbons (Fsp3) is 0.400. The third-order valence-electron chi connectivity index (χ3n) is 7.34. The summed E-state index contributed by atoms with van der Waals surface area (Å²) in [4.78, 5) is 27.2. The number of thiophene rings is 1. The van der Waals surface area contributed by atoms with Crippen LogP contribution in [0.5, 0.6) is 11.5 Å². The van der Waals surface area contributed by atoms with E-state index in [9.17, 15) is 18.0 Å². The van der Waals surface area contributed by atoms with Gasteiger partial charge in [0.2, 0.25) is 16.8 Å².